The number of hydrogen-bond donors (Lipinski definition) is 1. The second-order valence-corrected chi connectivity index (χ2v) is 3.37. The quantitative estimate of drug-likeness (QED) is 0.454. The third kappa shape index (κ3) is 3.37. The fraction of sp³-hybridized carbons (Fsp3) is 0.800. The summed E-state index contributed by atoms with van der Waals surface area (Å²) in [6.45, 7) is 10.3. The van der Waals surface area contributed by atoms with Crippen molar-refractivity contribution in [2.75, 3.05) is 26.2 Å². The first kappa shape index (κ1) is 9.75. The van der Waals surface area contributed by atoms with E-state index >= 15 is 0 Å². The molecule has 0 atom stereocenters. The molecule has 0 bridgehead atoms. The Morgan fingerprint density at radius 3 is 2.83 bits per heavy atom. The first-order chi connectivity index (χ1) is 5.88. The van der Waals surface area contributed by atoms with Crippen LogP contribution in [0.1, 0.15) is 19.8 Å². The third-order valence-electron chi connectivity index (χ3n) is 2.25. The standard InChI is InChI=1S/C10H20N2/c1-3-8-12(10-5-6-10)9-7-11-4-2/h3,10-11H,1,4-9H2,2H3. The van der Waals surface area contributed by atoms with E-state index in [9.17, 15) is 0 Å². The summed E-state index contributed by atoms with van der Waals surface area (Å²) in [4.78, 5) is 2.51. The van der Waals surface area contributed by atoms with Gasteiger partial charge in [-0.05, 0) is 19.4 Å². The fourth-order valence-corrected chi connectivity index (χ4v) is 1.43. The van der Waals surface area contributed by atoms with Crippen molar-refractivity contribution in [1.82, 2.24) is 10.2 Å². The summed E-state index contributed by atoms with van der Waals surface area (Å²) in [6, 6.07) is 0.863. The van der Waals surface area contributed by atoms with E-state index in [1.54, 1.807) is 0 Å². The van der Waals surface area contributed by atoms with Crippen LogP contribution in [0, 0.1) is 0 Å². The zero-order valence-corrected chi connectivity index (χ0v) is 8.05. The highest BCUT2D eigenvalue weighted by molar-refractivity contribution is 4.88. The molecule has 70 valence electrons. The Bertz CT molecular complexity index is 130. The number of nitrogens with one attached hydrogen (secondary N) is 1. The Balaban J connectivity index is 2.09. The van der Waals surface area contributed by atoms with Crippen molar-refractivity contribution in [3.05, 3.63) is 12.7 Å². The van der Waals surface area contributed by atoms with E-state index < -0.39 is 0 Å². The van der Waals surface area contributed by atoms with Crippen molar-refractivity contribution >= 4 is 0 Å². The molecule has 0 radical (unpaired) electrons. The molecule has 1 fully saturated rings. The molecule has 1 N–H and O–H groups in total. The lowest BCUT2D eigenvalue weighted by Gasteiger charge is -2.19. The van der Waals surface area contributed by atoms with Crippen molar-refractivity contribution < 1.29 is 0 Å². The summed E-state index contributed by atoms with van der Waals surface area (Å²) >= 11 is 0. The van der Waals surface area contributed by atoms with E-state index in [0.29, 0.717) is 0 Å². The Hall–Kier alpha value is -0.340. The molecule has 12 heavy (non-hydrogen) atoms. The molecule has 0 amide bonds. The maximum absolute atomic E-state index is 3.78. The normalized spacial score (nSPS) is 16.8. The largest absolute Gasteiger partial charge is 0.316 e. The van der Waals surface area contributed by atoms with E-state index in [0.717, 1.165) is 25.7 Å². The number of hydrogen-bond acceptors (Lipinski definition) is 2. The lowest BCUT2D eigenvalue weighted by molar-refractivity contribution is 0.292. The monoisotopic (exact) mass is 168 g/mol. The predicted octanol–water partition coefficient (Wildman–Crippen LogP) is 1.25. The summed E-state index contributed by atoms with van der Waals surface area (Å²) in [5.41, 5.74) is 0. The molecule has 2 nitrogen and oxygen atoms in total. The molecule has 0 heterocycles. The average molecular weight is 168 g/mol. The van der Waals surface area contributed by atoms with Gasteiger partial charge in [-0.15, -0.1) is 6.58 Å². The highest BCUT2D eigenvalue weighted by Gasteiger charge is 2.27. The van der Waals surface area contributed by atoms with Crippen LogP contribution in [-0.4, -0.2) is 37.1 Å². The van der Waals surface area contributed by atoms with Gasteiger partial charge in [0.15, 0.2) is 0 Å². The second kappa shape index (κ2) is 5.33. The second-order valence-electron chi connectivity index (χ2n) is 3.37. The maximum atomic E-state index is 3.78. The van der Waals surface area contributed by atoms with Gasteiger partial charge in [0.2, 0.25) is 0 Å². The van der Waals surface area contributed by atoms with Gasteiger partial charge in [-0.25, -0.2) is 0 Å². The van der Waals surface area contributed by atoms with Gasteiger partial charge in [0.05, 0.1) is 0 Å². The molecule has 1 aliphatic carbocycles. The van der Waals surface area contributed by atoms with Crippen molar-refractivity contribution in [3.8, 4) is 0 Å². The van der Waals surface area contributed by atoms with E-state index in [2.05, 4.69) is 23.7 Å². The van der Waals surface area contributed by atoms with E-state index in [-0.39, 0.29) is 0 Å². The zero-order valence-electron chi connectivity index (χ0n) is 8.05. The summed E-state index contributed by atoms with van der Waals surface area (Å²) in [5, 5.41) is 3.34. The fourth-order valence-electron chi connectivity index (χ4n) is 1.43. The zero-order chi connectivity index (χ0) is 8.81. The van der Waals surface area contributed by atoms with Gasteiger partial charge in [0, 0.05) is 25.7 Å². The van der Waals surface area contributed by atoms with Crippen LogP contribution in [-0.2, 0) is 0 Å². The molecule has 0 aliphatic heterocycles. The smallest absolute Gasteiger partial charge is 0.0164 e. The van der Waals surface area contributed by atoms with Gasteiger partial charge in [0.1, 0.15) is 0 Å². The number of rotatable bonds is 7. The molecule has 1 saturated carbocycles. The molecule has 1 aliphatic rings. The number of nitrogens with zero attached hydrogens (tertiary/aromatic N) is 1. The Morgan fingerprint density at radius 2 is 2.33 bits per heavy atom. The van der Waals surface area contributed by atoms with Crippen LogP contribution in [0.25, 0.3) is 0 Å². The summed E-state index contributed by atoms with van der Waals surface area (Å²) in [5.74, 6) is 0. The SMILES string of the molecule is C=CCN(CCNCC)C1CC1. The summed E-state index contributed by atoms with van der Waals surface area (Å²) < 4.78 is 0. The number of likely N-dealkylation sites (N-methyl/N-ethyl adjacent to an activating group) is 1. The molecule has 1 rings (SSSR count). The lowest BCUT2D eigenvalue weighted by atomic mass is 10.4. The Morgan fingerprint density at radius 1 is 1.58 bits per heavy atom. The molecular weight excluding hydrogens is 148 g/mol. The van der Waals surface area contributed by atoms with Crippen molar-refractivity contribution in [2.45, 2.75) is 25.8 Å². The molecule has 0 unspecified atom stereocenters. The van der Waals surface area contributed by atoms with Gasteiger partial charge < -0.3 is 5.32 Å². The van der Waals surface area contributed by atoms with Gasteiger partial charge >= 0.3 is 0 Å². The van der Waals surface area contributed by atoms with Crippen molar-refractivity contribution in [1.29, 1.82) is 0 Å². The van der Waals surface area contributed by atoms with Crippen LogP contribution in [0.3, 0.4) is 0 Å². The van der Waals surface area contributed by atoms with Crippen molar-refractivity contribution in [2.24, 2.45) is 0 Å². The van der Waals surface area contributed by atoms with E-state index in [1.165, 1.54) is 19.4 Å². The highest BCUT2D eigenvalue weighted by Crippen LogP contribution is 2.25. The summed E-state index contributed by atoms with van der Waals surface area (Å²) in [6.07, 6.45) is 4.78. The van der Waals surface area contributed by atoms with Gasteiger partial charge in [-0.3, -0.25) is 4.90 Å². The van der Waals surface area contributed by atoms with E-state index in [4.69, 9.17) is 0 Å². The van der Waals surface area contributed by atoms with E-state index in [1.807, 2.05) is 6.08 Å². The molecule has 0 aromatic rings. The minimum atomic E-state index is 0.863. The van der Waals surface area contributed by atoms with Crippen LogP contribution in [0.5, 0.6) is 0 Å². The minimum absolute atomic E-state index is 0.863. The van der Waals surface area contributed by atoms with Crippen LogP contribution < -0.4 is 5.32 Å². The molecule has 0 saturated heterocycles. The Labute approximate surface area is 75.6 Å². The van der Waals surface area contributed by atoms with Gasteiger partial charge in [-0.2, -0.15) is 0 Å². The van der Waals surface area contributed by atoms with Gasteiger partial charge in [0.25, 0.3) is 0 Å². The molecule has 0 aromatic heterocycles. The third-order valence-corrected chi connectivity index (χ3v) is 2.25. The van der Waals surface area contributed by atoms with Crippen LogP contribution in [0.2, 0.25) is 0 Å². The maximum Gasteiger partial charge on any atom is 0.0164 e. The first-order valence-corrected chi connectivity index (χ1v) is 4.94. The first-order valence-electron chi connectivity index (χ1n) is 4.94. The van der Waals surface area contributed by atoms with Crippen molar-refractivity contribution in [3.63, 3.8) is 0 Å². The molecular formula is C10H20N2. The van der Waals surface area contributed by atoms with Crippen LogP contribution in [0.15, 0.2) is 12.7 Å². The van der Waals surface area contributed by atoms with Crippen LogP contribution >= 0.6 is 0 Å². The summed E-state index contributed by atoms with van der Waals surface area (Å²) in [7, 11) is 0. The minimum Gasteiger partial charge on any atom is -0.316 e. The predicted molar refractivity (Wildman–Crippen MR) is 53.3 cm³/mol. The molecule has 2 heteroatoms. The molecule has 0 aromatic carbocycles. The highest BCUT2D eigenvalue weighted by atomic mass is 15.2. The lowest BCUT2D eigenvalue weighted by Crippen LogP contribution is -2.33. The molecule has 0 spiro atoms. The topological polar surface area (TPSA) is 15.3 Å². The van der Waals surface area contributed by atoms with Crippen LogP contribution in [0.4, 0.5) is 0 Å². The Kier molecular flexibility index (Phi) is 4.33. The average Bonchev–Trinajstić information content (AvgIpc) is 2.86. The van der Waals surface area contributed by atoms with Gasteiger partial charge in [-0.1, -0.05) is 13.0 Å².